The van der Waals surface area contributed by atoms with Crippen LogP contribution in [-0.4, -0.2) is 4.98 Å². The third kappa shape index (κ3) is 2.39. The molecule has 0 N–H and O–H groups in total. The van der Waals surface area contributed by atoms with Crippen molar-refractivity contribution in [1.82, 2.24) is 4.98 Å². The maximum atomic E-state index is 13.7. The highest BCUT2D eigenvalue weighted by atomic mass is 32.1. The number of halogens is 2. The third-order valence-corrected chi connectivity index (χ3v) is 3.82. The van der Waals surface area contributed by atoms with Gasteiger partial charge in [0.25, 0.3) is 0 Å². The minimum absolute atomic E-state index is 0.275. The van der Waals surface area contributed by atoms with Crippen molar-refractivity contribution in [2.24, 2.45) is 0 Å². The van der Waals surface area contributed by atoms with E-state index >= 15 is 0 Å². The lowest BCUT2D eigenvalue weighted by atomic mass is 10.2. The van der Waals surface area contributed by atoms with E-state index in [-0.39, 0.29) is 11.6 Å². The van der Waals surface area contributed by atoms with Gasteiger partial charge in [-0.1, -0.05) is 24.3 Å². The number of hydrogen-bond donors (Lipinski definition) is 0. The van der Waals surface area contributed by atoms with Gasteiger partial charge >= 0.3 is 0 Å². The minimum Gasteiger partial charge on any atom is -0.244 e. The van der Waals surface area contributed by atoms with Gasteiger partial charge in [0, 0.05) is 11.8 Å². The predicted molar refractivity (Wildman–Crippen MR) is 72.9 cm³/mol. The van der Waals surface area contributed by atoms with E-state index in [4.69, 9.17) is 0 Å². The first kappa shape index (κ1) is 12.0. The Labute approximate surface area is 113 Å². The molecule has 19 heavy (non-hydrogen) atoms. The Morgan fingerprint density at radius 1 is 0.895 bits per heavy atom. The number of nitrogens with zero attached hydrogens (tertiary/aromatic N) is 1. The van der Waals surface area contributed by atoms with E-state index in [1.807, 2.05) is 0 Å². The van der Waals surface area contributed by atoms with Crippen molar-refractivity contribution in [2.45, 2.75) is 0 Å². The van der Waals surface area contributed by atoms with Crippen molar-refractivity contribution >= 4 is 11.3 Å². The Balaban J connectivity index is 2.00. The van der Waals surface area contributed by atoms with Crippen LogP contribution < -0.4 is 0 Å². The Morgan fingerprint density at radius 3 is 2.37 bits per heavy atom. The first-order valence-electron chi connectivity index (χ1n) is 5.71. The van der Waals surface area contributed by atoms with Crippen LogP contribution in [0.5, 0.6) is 0 Å². The minimum atomic E-state index is -0.289. The standard InChI is InChI=1S/C15H9F2NS/c16-11-7-5-10(6-8-11)14-9-18-15(19-14)12-3-1-2-4-13(12)17/h1-9H. The number of rotatable bonds is 2. The summed E-state index contributed by atoms with van der Waals surface area (Å²) in [4.78, 5) is 5.12. The average Bonchev–Trinajstić information content (AvgIpc) is 2.89. The quantitative estimate of drug-likeness (QED) is 0.656. The van der Waals surface area contributed by atoms with Gasteiger partial charge in [0.05, 0.1) is 4.88 Å². The molecule has 0 atom stereocenters. The predicted octanol–water partition coefficient (Wildman–Crippen LogP) is 4.76. The summed E-state index contributed by atoms with van der Waals surface area (Å²) in [6.45, 7) is 0. The summed E-state index contributed by atoms with van der Waals surface area (Å²) in [5.74, 6) is -0.565. The van der Waals surface area contributed by atoms with E-state index in [0.29, 0.717) is 10.6 Å². The SMILES string of the molecule is Fc1ccc(-c2cnc(-c3ccccc3F)s2)cc1. The summed E-state index contributed by atoms with van der Waals surface area (Å²) < 4.78 is 26.5. The molecule has 3 aromatic rings. The molecule has 0 saturated heterocycles. The highest BCUT2D eigenvalue weighted by molar-refractivity contribution is 7.18. The van der Waals surface area contributed by atoms with Crippen molar-refractivity contribution in [3.63, 3.8) is 0 Å². The van der Waals surface area contributed by atoms with Crippen molar-refractivity contribution < 1.29 is 8.78 Å². The van der Waals surface area contributed by atoms with E-state index < -0.39 is 0 Å². The molecule has 0 spiro atoms. The molecule has 1 aromatic heterocycles. The van der Waals surface area contributed by atoms with E-state index in [0.717, 1.165) is 10.4 Å². The monoisotopic (exact) mass is 273 g/mol. The van der Waals surface area contributed by atoms with Crippen molar-refractivity contribution in [1.29, 1.82) is 0 Å². The van der Waals surface area contributed by atoms with Crippen LogP contribution in [0.2, 0.25) is 0 Å². The highest BCUT2D eigenvalue weighted by Gasteiger charge is 2.10. The Morgan fingerprint density at radius 2 is 1.63 bits per heavy atom. The van der Waals surface area contributed by atoms with E-state index in [9.17, 15) is 8.78 Å². The number of aromatic nitrogens is 1. The molecular formula is C15H9F2NS. The molecule has 0 saturated carbocycles. The van der Waals surface area contributed by atoms with Crippen LogP contribution in [0, 0.1) is 11.6 Å². The summed E-state index contributed by atoms with van der Waals surface area (Å²) in [5, 5.41) is 0.623. The summed E-state index contributed by atoms with van der Waals surface area (Å²) >= 11 is 1.39. The fourth-order valence-electron chi connectivity index (χ4n) is 1.78. The second-order valence-corrected chi connectivity index (χ2v) is 5.05. The summed E-state index contributed by atoms with van der Waals surface area (Å²) in [6, 6.07) is 12.7. The van der Waals surface area contributed by atoms with Crippen LogP contribution >= 0.6 is 11.3 Å². The molecule has 0 amide bonds. The lowest BCUT2D eigenvalue weighted by Gasteiger charge is -1.97. The first-order chi connectivity index (χ1) is 9.24. The lowest BCUT2D eigenvalue weighted by molar-refractivity contribution is 0.628. The molecule has 4 heteroatoms. The topological polar surface area (TPSA) is 12.9 Å². The first-order valence-corrected chi connectivity index (χ1v) is 6.52. The largest absolute Gasteiger partial charge is 0.244 e. The van der Waals surface area contributed by atoms with Gasteiger partial charge in [-0.2, -0.15) is 0 Å². The van der Waals surface area contributed by atoms with Crippen molar-refractivity contribution in [2.75, 3.05) is 0 Å². The molecule has 1 heterocycles. The zero-order valence-corrected chi connectivity index (χ0v) is 10.6. The number of benzene rings is 2. The van der Waals surface area contributed by atoms with Gasteiger partial charge in [-0.05, 0) is 29.8 Å². The van der Waals surface area contributed by atoms with E-state index in [1.54, 1.807) is 36.5 Å². The Bertz CT molecular complexity index is 704. The smallest absolute Gasteiger partial charge is 0.133 e. The fraction of sp³-hybridized carbons (Fsp3) is 0. The van der Waals surface area contributed by atoms with Crippen LogP contribution in [0.15, 0.2) is 54.7 Å². The van der Waals surface area contributed by atoms with Crippen LogP contribution in [0.3, 0.4) is 0 Å². The van der Waals surface area contributed by atoms with Crippen LogP contribution in [0.25, 0.3) is 21.0 Å². The Kier molecular flexibility index (Phi) is 3.09. The molecule has 3 rings (SSSR count). The normalized spacial score (nSPS) is 10.6. The lowest BCUT2D eigenvalue weighted by Crippen LogP contribution is -1.80. The van der Waals surface area contributed by atoms with Crippen molar-refractivity contribution in [3.8, 4) is 21.0 Å². The average molecular weight is 273 g/mol. The van der Waals surface area contributed by atoms with Gasteiger partial charge in [0.1, 0.15) is 16.6 Å². The van der Waals surface area contributed by atoms with Crippen LogP contribution in [-0.2, 0) is 0 Å². The zero-order valence-electron chi connectivity index (χ0n) is 9.81. The van der Waals surface area contributed by atoms with E-state index in [2.05, 4.69) is 4.98 Å². The van der Waals surface area contributed by atoms with Gasteiger partial charge in [0.15, 0.2) is 0 Å². The molecule has 1 nitrogen and oxygen atoms in total. The molecule has 0 aliphatic heterocycles. The summed E-state index contributed by atoms with van der Waals surface area (Å²) in [5.41, 5.74) is 1.36. The molecule has 0 fully saturated rings. The Hall–Kier alpha value is -2.07. The van der Waals surface area contributed by atoms with Gasteiger partial charge in [-0.25, -0.2) is 13.8 Å². The maximum Gasteiger partial charge on any atom is 0.133 e. The molecule has 94 valence electrons. The molecule has 0 aliphatic carbocycles. The third-order valence-electron chi connectivity index (χ3n) is 2.74. The molecular weight excluding hydrogens is 264 g/mol. The fourth-order valence-corrected chi connectivity index (χ4v) is 2.73. The summed E-state index contributed by atoms with van der Waals surface area (Å²) in [6.07, 6.45) is 1.68. The van der Waals surface area contributed by atoms with Gasteiger partial charge in [-0.3, -0.25) is 0 Å². The highest BCUT2D eigenvalue weighted by Crippen LogP contribution is 2.33. The van der Waals surface area contributed by atoms with E-state index in [1.165, 1.54) is 29.5 Å². The number of thiazole rings is 1. The van der Waals surface area contributed by atoms with Gasteiger partial charge in [0.2, 0.25) is 0 Å². The molecule has 0 unspecified atom stereocenters. The maximum absolute atomic E-state index is 13.7. The van der Waals surface area contributed by atoms with Gasteiger partial charge < -0.3 is 0 Å². The molecule has 0 bridgehead atoms. The zero-order chi connectivity index (χ0) is 13.2. The van der Waals surface area contributed by atoms with Crippen LogP contribution in [0.4, 0.5) is 8.78 Å². The van der Waals surface area contributed by atoms with Gasteiger partial charge in [-0.15, -0.1) is 11.3 Å². The second kappa shape index (κ2) is 4.90. The van der Waals surface area contributed by atoms with Crippen molar-refractivity contribution in [3.05, 3.63) is 66.4 Å². The number of hydrogen-bond acceptors (Lipinski definition) is 2. The molecule has 0 aliphatic rings. The summed E-state index contributed by atoms with van der Waals surface area (Å²) in [7, 11) is 0. The molecule has 0 radical (unpaired) electrons. The second-order valence-electron chi connectivity index (χ2n) is 4.02. The molecule has 2 aromatic carbocycles. The van der Waals surface area contributed by atoms with Crippen LogP contribution in [0.1, 0.15) is 0 Å².